The number of aryl methyl sites for hydroxylation is 1. The lowest BCUT2D eigenvalue weighted by molar-refractivity contribution is 0.599. The molecular weight excluding hydrogens is 196 g/mol. The summed E-state index contributed by atoms with van der Waals surface area (Å²) < 4.78 is 0. The van der Waals surface area contributed by atoms with Gasteiger partial charge in [0.25, 0.3) is 0 Å². The maximum atomic E-state index is 9.04. The molecule has 0 unspecified atom stereocenters. The highest BCUT2D eigenvalue weighted by Crippen LogP contribution is 2.48. The molecule has 0 spiro atoms. The number of aromatic amines is 1. The Morgan fingerprint density at radius 2 is 2.12 bits per heavy atom. The van der Waals surface area contributed by atoms with Crippen LogP contribution in [0.5, 0.6) is 0 Å². The van der Waals surface area contributed by atoms with Gasteiger partial charge in [0.1, 0.15) is 0 Å². The summed E-state index contributed by atoms with van der Waals surface area (Å²) in [6.07, 6.45) is 6.28. The van der Waals surface area contributed by atoms with Crippen LogP contribution in [0.4, 0.5) is 0 Å². The molecule has 2 nitrogen and oxygen atoms in total. The lowest BCUT2D eigenvalue weighted by atomic mass is 9.98. The number of H-pyrrole nitrogens is 1. The molecule has 1 N–H and O–H groups in total. The zero-order chi connectivity index (χ0) is 11.0. The van der Waals surface area contributed by atoms with E-state index in [-0.39, 0.29) is 5.41 Å². The summed E-state index contributed by atoms with van der Waals surface area (Å²) in [7, 11) is 0. The zero-order valence-corrected chi connectivity index (χ0v) is 9.16. The third kappa shape index (κ3) is 1.49. The van der Waals surface area contributed by atoms with Gasteiger partial charge >= 0.3 is 0 Å². The SMILES string of the molecule is N#CC1(CCc2c[nH]c3ccccc23)CC1. The van der Waals surface area contributed by atoms with Crippen LogP contribution in [0.1, 0.15) is 24.8 Å². The molecule has 2 aromatic rings. The summed E-state index contributed by atoms with van der Waals surface area (Å²) in [5.74, 6) is 0. The van der Waals surface area contributed by atoms with E-state index in [0.29, 0.717) is 0 Å². The van der Waals surface area contributed by atoms with E-state index in [9.17, 15) is 0 Å². The predicted molar refractivity (Wildman–Crippen MR) is 63.9 cm³/mol. The van der Waals surface area contributed by atoms with Crippen molar-refractivity contribution >= 4 is 10.9 Å². The number of benzene rings is 1. The number of fused-ring (bicyclic) bond motifs is 1. The first-order valence-electron chi connectivity index (χ1n) is 5.79. The molecular formula is C14H14N2. The van der Waals surface area contributed by atoms with Crippen molar-refractivity contribution in [3.63, 3.8) is 0 Å². The van der Waals surface area contributed by atoms with Crippen LogP contribution < -0.4 is 0 Å². The predicted octanol–water partition coefficient (Wildman–Crippen LogP) is 3.40. The Morgan fingerprint density at radius 1 is 1.31 bits per heavy atom. The van der Waals surface area contributed by atoms with Gasteiger partial charge in [-0.05, 0) is 37.3 Å². The van der Waals surface area contributed by atoms with Crippen molar-refractivity contribution in [3.8, 4) is 6.07 Å². The van der Waals surface area contributed by atoms with Crippen LogP contribution in [-0.4, -0.2) is 4.98 Å². The minimum absolute atomic E-state index is 0.0123. The Balaban J connectivity index is 1.82. The molecule has 1 aliphatic rings. The normalized spacial score (nSPS) is 17.2. The van der Waals surface area contributed by atoms with Gasteiger partial charge in [0, 0.05) is 17.1 Å². The first-order valence-corrected chi connectivity index (χ1v) is 5.79. The van der Waals surface area contributed by atoms with Crippen molar-refractivity contribution in [1.29, 1.82) is 5.26 Å². The molecule has 0 bridgehead atoms. The molecule has 80 valence electrons. The van der Waals surface area contributed by atoms with E-state index in [1.54, 1.807) is 0 Å². The summed E-state index contributed by atoms with van der Waals surface area (Å²) in [4.78, 5) is 3.28. The second-order valence-corrected chi connectivity index (χ2v) is 4.75. The van der Waals surface area contributed by atoms with Gasteiger partial charge in [-0.15, -0.1) is 0 Å². The van der Waals surface area contributed by atoms with Gasteiger partial charge in [0.05, 0.1) is 11.5 Å². The van der Waals surface area contributed by atoms with E-state index in [2.05, 4.69) is 35.4 Å². The maximum absolute atomic E-state index is 9.04. The summed E-state index contributed by atoms with van der Waals surface area (Å²) in [5, 5.41) is 10.3. The summed E-state index contributed by atoms with van der Waals surface area (Å²) in [6.45, 7) is 0. The summed E-state index contributed by atoms with van der Waals surface area (Å²) in [5.41, 5.74) is 2.55. The number of hydrogen-bond donors (Lipinski definition) is 1. The molecule has 0 amide bonds. The molecule has 1 aliphatic carbocycles. The molecule has 0 saturated heterocycles. The van der Waals surface area contributed by atoms with Crippen LogP contribution >= 0.6 is 0 Å². The highest BCUT2D eigenvalue weighted by atomic mass is 14.7. The number of hydrogen-bond acceptors (Lipinski definition) is 1. The Hall–Kier alpha value is -1.75. The van der Waals surface area contributed by atoms with Crippen molar-refractivity contribution in [2.24, 2.45) is 5.41 Å². The monoisotopic (exact) mass is 210 g/mol. The number of para-hydroxylation sites is 1. The topological polar surface area (TPSA) is 39.6 Å². The Morgan fingerprint density at radius 3 is 2.88 bits per heavy atom. The van der Waals surface area contributed by atoms with Crippen LogP contribution in [0, 0.1) is 16.7 Å². The van der Waals surface area contributed by atoms with Crippen LogP contribution in [0.25, 0.3) is 10.9 Å². The second-order valence-electron chi connectivity index (χ2n) is 4.75. The first kappa shape index (κ1) is 9.47. The highest BCUT2D eigenvalue weighted by Gasteiger charge is 2.42. The third-order valence-corrected chi connectivity index (χ3v) is 3.64. The van der Waals surface area contributed by atoms with Crippen LogP contribution in [-0.2, 0) is 6.42 Å². The van der Waals surface area contributed by atoms with E-state index in [1.165, 1.54) is 16.5 Å². The standard InChI is InChI=1S/C14H14N2/c15-10-14(7-8-14)6-5-11-9-16-13-4-2-1-3-12(11)13/h1-4,9,16H,5-8H2. The van der Waals surface area contributed by atoms with Crippen molar-refractivity contribution in [2.45, 2.75) is 25.7 Å². The van der Waals surface area contributed by atoms with E-state index < -0.39 is 0 Å². The number of nitrogens with one attached hydrogen (secondary N) is 1. The third-order valence-electron chi connectivity index (χ3n) is 3.64. The van der Waals surface area contributed by atoms with Crippen LogP contribution in [0.3, 0.4) is 0 Å². The minimum Gasteiger partial charge on any atom is -0.361 e. The smallest absolute Gasteiger partial charge is 0.0689 e. The molecule has 1 fully saturated rings. The molecule has 2 heteroatoms. The van der Waals surface area contributed by atoms with E-state index >= 15 is 0 Å². The average Bonchev–Trinajstić information content (AvgIpc) is 3.01. The fraction of sp³-hybridized carbons (Fsp3) is 0.357. The lowest BCUT2D eigenvalue weighted by Gasteiger charge is -2.03. The first-order chi connectivity index (χ1) is 7.83. The van der Waals surface area contributed by atoms with Gasteiger partial charge in [-0.3, -0.25) is 0 Å². The van der Waals surface area contributed by atoms with Gasteiger partial charge in [0.15, 0.2) is 0 Å². The van der Waals surface area contributed by atoms with Crippen molar-refractivity contribution in [1.82, 2.24) is 4.98 Å². The second kappa shape index (κ2) is 3.38. The quantitative estimate of drug-likeness (QED) is 0.828. The van der Waals surface area contributed by atoms with E-state index in [0.717, 1.165) is 25.7 Å². The molecule has 0 aliphatic heterocycles. The lowest BCUT2D eigenvalue weighted by Crippen LogP contribution is -1.98. The molecule has 1 heterocycles. The highest BCUT2D eigenvalue weighted by molar-refractivity contribution is 5.83. The van der Waals surface area contributed by atoms with E-state index in [4.69, 9.17) is 5.26 Å². The minimum atomic E-state index is 0.0123. The Labute approximate surface area is 94.9 Å². The molecule has 0 radical (unpaired) electrons. The van der Waals surface area contributed by atoms with Gasteiger partial charge in [-0.25, -0.2) is 0 Å². The van der Waals surface area contributed by atoms with Gasteiger partial charge < -0.3 is 4.98 Å². The van der Waals surface area contributed by atoms with Crippen molar-refractivity contribution in [2.75, 3.05) is 0 Å². The average molecular weight is 210 g/mol. The number of aromatic nitrogens is 1. The largest absolute Gasteiger partial charge is 0.361 e. The van der Waals surface area contributed by atoms with Crippen molar-refractivity contribution in [3.05, 3.63) is 36.0 Å². The molecule has 1 aromatic carbocycles. The van der Waals surface area contributed by atoms with Gasteiger partial charge in [0.2, 0.25) is 0 Å². The number of nitriles is 1. The zero-order valence-electron chi connectivity index (χ0n) is 9.16. The van der Waals surface area contributed by atoms with Crippen LogP contribution in [0.15, 0.2) is 30.5 Å². The Bertz CT molecular complexity index is 555. The number of rotatable bonds is 3. The fourth-order valence-electron chi connectivity index (χ4n) is 2.28. The number of nitrogens with zero attached hydrogens (tertiary/aromatic N) is 1. The Kier molecular flexibility index (Phi) is 2.00. The molecule has 16 heavy (non-hydrogen) atoms. The fourth-order valence-corrected chi connectivity index (χ4v) is 2.28. The molecule has 3 rings (SSSR count). The van der Waals surface area contributed by atoms with Gasteiger partial charge in [-0.2, -0.15) is 5.26 Å². The molecule has 0 atom stereocenters. The van der Waals surface area contributed by atoms with Crippen molar-refractivity contribution < 1.29 is 0 Å². The molecule has 1 aromatic heterocycles. The van der Waals surface area contributed by atoms with Gasteiger partial charge in [-0.1, -0.05) is 18.2 Å². The van der Waals surface area contributed by atoms with Crippen LogP contribution in [0.2, 0.25) is 0 Å². The maximum Gasteiger partial charge on any atom is 0.0689 e. The molecule has 1 saturated carbocycles. The summed E-state index contributed by atoms with van der Waals surface area (Å²) >= 11 is 0. The van der Waals surface area contributed by atoms with E-state index in [1.807, 2.05) is 6.07 Å². The summed E-state index contributed by atoms with van der Waals surface area (Å²) in [6, 6.07) is 10.8.